The maximum absolute atomic E-state index is 6.38. The van der Waals surface area contributed by atoms with E-state index in [0.717, 1.165) is 29.7 Å². The van der Waals surface area contributed by atoms with Crippen LogP contribution in [0.1, 0.15) is 50.7 Å². The Kier molecular flexibility index (Phi) is 4.79. The Balaban J connectivity index is 1.93. The molecule has 1 atom stereocenters. The molecule has 3 rings (SSSR count). The summed E-state index contributed by atoms with van der Waals surface area (Å²) in [5.41, 5.74) is 2.31. The molecule has 0 amide bonds. The molecular weight excluding hydrogens is 395 g/mol. The predicted molar refractivity (Wildman–Crippen MR) is 97.8 cm³/mol. The van der Waals surface area contributed by atoms with Crippen molar-refractivity contribution in [1.29, 1.82) is 0 Å². The van der Waals surface area contributed by atoms with Gasteiger partial charge in [0.1, 0.15) is 5.82 Å². The molecule has 114 valence electrons. The summed E-state index contributed by atoms with van der Waals surface area (Å²) in [7, 11) is 0. The topological polar surface area (TPSA) is 17.8 Å². The summed E-state index contributed by atoms with van der Waals surface area (Å²) in [4.78, 5) is 4.78. The van der Waals surface area contributed by atoms with E-state index >= 15 is 0 Å². The van der Waals surface area contributed by atoms with Crippen LogP contribution in [0.15, 0.2) is 18.2 Å². The average Bonchev–Trinajstić information content (AvgIpc) is 2.79. The average molecular weight is 417 g/mol. The number of aromatic nitrogens is 2. The van der Waals surface area contributed by atoms with Crippen molar-refractivity contribution >= 4 is 45.2 Å². The minimum atomic E-state index is -0.0439. The number of nitrogens with zero attached hydrogens (tertiary/aromatic N) is 2. The van der Waals surface area contributed by atoms with E-state index in [1.807, 2.05) is 6.92 Å². The first-order valence-corrected chi connectivity index (χ1v) is 9.36. The van der Waals surface area contributed by atoms with Gasteiger partial charge in [-0.2, -0.15) is 0 Å². The van der Waals surface area contributed by atoms with Gasteiger partial charge in [0.2, 0.25) is 0 Å². The van der Waals surface area contributed by atoms with Gasteiger partial charge in [0.05, 0.1) is 16.4 Å². The molecule has 1 saturated carbocycles. The van der Waals surface area contributed by atoms with E-state index in [4.69, 9.17) is 16.6 Å². The Labute approximate surface area is 145 Å². The van der Waals surface area contributed by atoms with Crippen molar-refractivity contribution in [3.8, 4) is 0 Å². The number of benzene rings is 1. The van der Waals surface area contributed by atoms with Crippen molar-refractivity contribution in [3.63, 3.8) is 0 Å². The van der Waals surface area contributed by atoms with E-state index in [1.165, 1.54) is 34.8 Å². The number of hydrogen-bond donors (Lipinski definition) is 0. The molecule has 0 radical (unpaired) electrons. The Bertz CT molecular complexity index is 627. The summed E-state index contributed by atoms with van der Waals surface area (Å²) < 4.78 is 3.59. The van der Waals surface area contributed by atoms with Gasteiger partial charge in [-0.3, -0.25) is 0 Å². The molecular formula is C17H22ClIN2. The predicted octanol–water partition coefficient (Wildman–Crippen LogP) is 5.77. The summed E-state index contributed by atoms with van der Waals surface area (Å²) in [6, 6.07) is 6.50. The smallest absolute Gasteiger partial charge is 0.127 e. The highest BCUT2D eigenvalue weighted by Crippen LogP contribution is 2.32. The number of rotatable bonds is 3. The van der Waals surface area contributed by atoms with Gasteiger partial charge in [-0.1, -0.05) is 19.8 Å². The second-order valence-corrected chi connectivity index (χ2v) is 8.36. The Morgan fingerprint density at radius 1 is 1.33 bits per heavy atom. The van der Waals surface area contributed by atoms with Crippen LogP contribution in [-0.4, -0.2) is 9.55 Å². The van der Waals surface area contributed by atoms with Crippen LogP contribution in [-0.2, 0) is 6.54 Å². The number of hydrogen-bond acceptors (Lipinski definition) is 1. The van der Waals surface area contributed by atoms with Gasteiger partial charge in [0, 0.05) is 10.1 Å². The van der Waals surface area contributed by atoms with E-state index in [2.05, 4.69) is 52.3 Å². The second-order valence-electron chi connectivity index (χ2n) is 6.46. The molecule has 1 unspecified atom stereocenters. The van der Waals surface area contributed by atoms with Gasteiger partial charge in [-0.15, -0.1) is 11.6 Å². The zero-order valence-electron chi connectivity index (χ0n) is 12.6. The van der Waals surface area contributed by atoms with E-state index in [-0.39, 0.29) is 5.38 Å². The highest BCUT2D eigenvalue weighted by molar-refractivity contribution is 14.1. The fraction of sp³-hybridized carbons (Fsp3) is 0.588. The third-order valence-electron chi connectivity index (χ3n) is 4.67. The Hall–Kier alpha value is -0.290. The lowest BCUT2D eigenvalue weighted by atomic mass is 9.83. The van der Waals surface area contributed by atoms with Crippen LogP contribution in [0, 0.1) is 15.4 Å². The van der Waals surface area contributed by atoms with Crippen LogP contribution in [0.2, 0.25) is 0 Å². The summed E-state index contributed by atoms with van der Waals surface area (Å²) in [6.07, 6.45) is 5.39. The zero-order valence-corrected chi connectivity index (χ0v) is 15.6. The lowest BCUT2D eigenvalue weighted by molar-refractivity contribution is 0.265. The van der Waals surface area contributed by atoms with E-state index in [9.17, 15) is 0 Å². The molecule has 0 spiro atoms. The molecule has 21 heavy (non-hydrogen) atoms. The van der Waals surface area contributed by atoms with Crippen molar-refractivity contribution in [1.82, 2.24) is 9.55 Å². The van der Waals surface area contributed by atoms with Crippen LogP contribution in [0.5, 0.6) is 0 Å². The first kappa shape index (κ1) is 15.6. The molecule has 1 aromatic carbocycles. The molecule has 0 saturated heterocycles. The Morgan fingerprint density at radius 3 is 2.71 bits per heavy atom. The number of halogens is 2. The molecule has 1 heterocycles. The highest BCUT2D eigenvalue weighted by Gasteiger charge is 2.22. The van der Waals surface area contributed by atoms with Gasteiger partial charge in [-0.05, 0) is 72.4 Å². The third kappa shape index (κ3) is 3.39. The summed E-state index contributed by atoms with van der Waals surface area (Å²) in [5, 5.41) is -0.0439. The molecule has 0 N–H and O–H groups in total. The second kappa shape index (κ2) is 6.45. The molecule has 2 nitrogen and oxygen atoms in total. The highest BCUT2D eigenvalue weighted by atomic mass is 127. The van der Waals surface area contributed by atoms with Crippen molar-refractivity contribution in [3.05, 3.63) is 27.6 Å². The molecule has 0 bridgehead atoms. The fourth-order valence-corrected chi connectivity index (χ4v) is 4.03. The van der Waals surface area contributed by atoms with Crippen LogP contribution in [0.4, 0.5) is 0 Å². The molecule has 1 aliphatic carbocycles. The molecule has 4 heteroatoms. The maximum atomic E-state index is 6.38. The normalized spacial score (nSPS) is 24.4. The zero-order chi connectivity index (χ0) is 15.0. The lowest BCUT2D eigenvalue weighted by Gasteiger charge is -2.27. The number of imidazole rings is 1. The van der Waals surface area contributed by atoms with Gasteiger partial charge in [0.25, 0.3) is 0 Å². The molecule has 1 aliphatic rings. The number of fused-ring (bicyclic) bond motifs is 1. The monoisotopic (exact) mass is 416 g/mol. The van der Waals surface area contributed by atoms with Crippen LogP contribution in [0.25, 0.3) is 11.0 Å². The van der Waals surface area contributed by atoms with Crippen molar-refractivity contribution in [2.24, 2.45) is 11.8 Å². The SMILES string of the molecule is CC1CCC(Cn2c(C(C)Cl)nc3cc(I)ccc32)CC1. The minimum absolute atomic E-state index is 0.0439. The van der Waals surface area contributed by atoms with Gasteiger partial charge in [0.15, 0.2) is 0 Å². The van der Waals surface area contributed by atoms with Crippen LogP contribution < -0.4 is 0 Å². The summed E-state index contributed by atoms with van der Waals surface area (Å²) in [6.45, 7) is 5.46. The first-order chi connectivity index (χ1) is 10.0. The van der Waals surface area contributed by atoms with Gasteiger partial charge in [-0.25, -0.2) is 4.98 Å². The molecule has 2 aromatic rings. The maximum Gasteiger partial charge on any atom is 0.127 e. The Morgan fingerprint density at radius 2 is 2.05 bits per heavy atom. The quantitative estimate of drug-likeness (QED) is 0.459. The standard InChI is InChI=1S/C17H22ClIN2/c1-11-3-5-13(6-4-11)10-21-16-8-7-14(19)9-15(16)20-17(21)12(2)18/h7-9,11-13H,3-6,10H2,1-2H3. The van der Waals surface area contributed by atoms with Crippen LogP contribution >= 0.6 is 34.2 Å². The van der Waals surface area contributed by atoms with Crippen LogP contribution in [0.3, 0.4) is 0 Å². The number of alkyl halides is 1. The molecule has 1 aromatic heterocycles. The molecule has 1 fully saturated rings. The first-order valence-electron chi connectivity index (χ1n) is 7.84. The van der Waals surface area contributed by atoms with Crippen molar-refractivity contribution in [2.75, 3.05) is 0 Å². The van der Waals surface area contributed by atoms with Crippen molar-refractivity contribution in [2.45, 2.75) is 51.5 Å². The molecule has 0 aliphatic heterocycles. The van der Waals surface area contributed by atoms with E-state index < -0.39 is 0 Å². The van der Waals surface area contributed by atoms with E-state index in [0.29, 0.717) is 0 Å². The largest absolute Gasteiger partial charge is 0.326 e. The summed E-state index contributed by atoms with van der Waals surface area (Å²) in [5.74, 6) is 2.69. The van der Waals surface area contributed by atoms with Crippen molar-refractivity contribution < 1.29 is 0 Å². The summed E-state index contributed by atoms with van der Waals surface area (Å²) >= 11 is 8.72. The van der Waals surface area contributed by atoms with Gasteiger partial charge >= 0.3 is 0 Å². The van der Waals surface area contributed by atoms with E-state index in [1.54, 1.807) is 0 Å². The third-order valence-corrected chi connectivity index (χ3v) is 5.54. The minimum Gasteiger partial charge on any atom is -0.326 e. The lowest BCUT2D eigenvalue weighted by Crippen LogP contribution is -2.19. The fourth-order valence-electron chi connectivity index (χ4n) is 3.39. The van der Waals surface area contributed by atoms with Gasteiger partial charge < -0.3 is 4.57 Å².